The van der Waals surface area contributed by atoms with E-state index in [1.165, 1.54) is 30.5 Å². The lowest BCUT2D eigenvalue weighted by molar-refractivity contribution is -0.384. The number of non-ortho nitro benzene ring substituents is 1. The Morgan fingerprint density at radius 3 is 2.33 bits per heavy atom. The van der Waals surface area contributed by atoms with Crippen LogP contribution in [-0.4, -0.2) is 27.5 Å². The monoisotopic (exact) mass is 405 g/mol. The molecule has 0 aliphatic rings. The van der Waals surface area contributed by atoms with E-state index in [9.17, 15) is 19.7 Å². The zero-order valence-corrected chi connectivity index (χ0v) is 16.3. The highest BCUT2D eigenvalue weighted by Gasteiger charge is 2.14. The van der Waals surface area contributed by atoms with Gasteiger partial charge in [-0.1, -0.05) is 18.2 Å². The lowest BCUT2D eigenvalue weighted by Crippen LogP contribution is -2.32. The van der Waals surface area contributed by atoms with Crippen molar-refractivity contribution in [1.29, 1.82) is 0 Å². The third-order valence-electron chi connectivity index (χ3n) is 4.40. The molecule has 0 spiro atoms. The zero-order chi connectivity index (χ0) is 21.7. The molecule has 0 unspecified atom stereocenters. The van der Waals surface area contributed by atoms with Crippen molar-refractivity contribution >= 4 is 29.4 Å². The molecule has 1 heterocycles. The minimum absolute atomic E-state index is 0.116. The standard InChI is InChI=1S/C21H19N5O4/c1-14-12-16(15(2)25(14)18-6-4-3-5-7-18)13-22-24-21(28)20(27)23-17-8-10-19(11-9-17)26(29)30/h3-13H,1-2H3,(H,23,27)(H,24,28)/b22-13-. The summed E-state index contributed by atoms with van der Waals surface area (Å²) < 4.78 is 2.06. The number of nitro groups is 1. The van der Waals surface area contributed by atoms with E-state index in [1.807, 2.05) is 50.2 Å². The number of hydrogen-bond donors (Lipinski definition) is 2. The fourth-order valence-corrected chi connectivity index (χ4v) is 2.96. The van der Waals surface area contributed by atoms with Gasteiger partial charge in [0.05, 0.1) is 11.1 Å². The fourth-order valence-electron chi connectivity index (χ4n) is 2.96. The van der Waals surface area contributed by atoms with Crippen molar-refractivity contribution in [3.05, 3.63) is 87.7 Å². The molecule has 2 amide bonds. The zero-order valence-electron chi connectivity index (χ0n) is 16.3. The topological polar surface area (TPSA) is 119 Å². The number of para-hydroxylation sites is 1. The summed E-state index contributed by atoms with van der Waals surface area (Å²) in [7, 11) is 0. The summed E-state index contributed by atoms with van der Waals surface area (Å²) in [5.74, 6) is -1.89. The summed E-state index contributed by atoms with van der Waals surface area (Å²) in [6, 6.07) is 16.9. The van der Waals surface area contributed by atoms with E-state index in [4.69, 9.17) is 0 Å². The highest BCUT2D eigenvalue weighted by Crippen LogP contribution is 2.19. The molecule has 2 aromatic carbocycles. The Labute approximate surface area is 172 Å². The average Bonchev–Trinajstić information content (AvgIpc) is 3.02. The van der Waals surface area contributed by atoms with Crippen molar-refractivity contribution in [2.24, 2.45) is 5.10 Å². The van der Waals surface area contributed by atoms with Crippen molar-refractivity contribution < 1.29 is 14.5 Å². The summed E-state index contributed by atoms with van der Waals surface area (Å²) in [4.78, 5) is 34.0. The molecule has 0 saturated heterocycles. The lowest BCUT2D eigenvalue weighted by atomic mass is 10.2. The van der Waals surface area contributed by atoms with Gasteiger partial charge in [-0.05, 0) is 44.2 Å². The molecule has 9 heteroatoms. The van der Waals surface area contributed by atoms with Crippen LogP contribution >= 0.6 is 0 Å². The van der Waals surface area contributed by atoms with Crippen LogP contribution < -0.4 is 10.7 Å². The van der Waals surface area contributed by atoms with Gasteiger partial charge in [0.15, 0.2) is 0 Å². The number of nitro benzene ring substituents is 1. The number of nitrogens with one attached hydrogen (secondary N) is 2. The highest BCUT2D eigenvalue weighted by molar-refractivity contribution is 6.39. The number of carbonyl (C=O) groups excluding carboxylic acids is 2. The quantitative estimate of drug-likeness (QED) is 0.293. The van der Waals surface area contributed by atoms with Crippen LogP contribution in [-0.2, 0) is 9.59 Å². The fraction of sp³-hybridized carbons (Fsp3) is 0.0952. The Balaban J connectivity index is 1.63. The molecule has 9 nitrogen and oxygen atoms in total. The Bertz CT molecular complexity index is 1120. The van der Waals surface area contributed by atoms with Gasteiger partial charge in [-0.2, -0.15) is 5.10 Å². The molecule has 0 fully saturated rings. The van der Waals surface area contributed by atoms with E-state index in [0.29, 0.717) is 0 Å². The van der Waals surface area contributed by atoms with E-state index in [1.54, 1.807) is 0 Å². The highest BCUT2D eigenvalue weighted by atomic mass is 16.6. The van der Waals surface area contributed by atoms with Crippen LogP contribution in [0.1, 0.15) is 17.0 Å². The largest absolute Gasteiger partial charge is 0.329 e. The Hall–Kier alpha value is -4.27. The summed E-state index contributed by atoms with van der Waals surface area (Å²) in [5, 5.41) is 16.9. The van der Waals surface area contributed by atoms with Gasteiger partial charge in [0.2, 0.25) is 0 Å². The normalized spacial score (nSPS) is 10.7. The number of nitrogens with zero attached hydrogens (tertiary/aromatic N) is 3. The van der Waals surface area contributed by atoms with Crippen molar-refractivity contribution in [3.8, 4) is 5.69 Å². The number of hydrazone groups is 1. The van der Waals surface area contributed by atoms with E-state index < -0.39 is 16.7 Å². The number of aryl methyl sites for hydroxylation is 1. The van der Waals surface area contributed by atoms with Crippen LogP contribution in [0.2, 0.25) is 0 Å². The van der Waals surface area contributed by atoms with Crippen LogP contribution in [0.5, 0.6) is 0 Å². The van der Waals surface area contributed by atoms with Crippen molar-refractivity contribution in [2.45, 2.75) is 13.8 Å². The first-order chi connectivity index (χ1) is 14.4. The van der Waals surface area contributed by atoms with Crippen LogP contribution in [0, 0.1) is 24.0 Å². The number of carbonyl (C=O) groups is 2. The van der Waals surface area contributed by atoms with Gasteiger partial charge in [0.25, 0.3) is 5.69 Å². The van der Waals surface area contributed by atoms with Crippen LogP contribution in [0.15, 0.2) is 65.8 Å². The second-order valence-electron chi connectivity index (χ2n) is 6.45. The first-order valence-electron chi connectivity index (χ1n) is 9.00. The number of amides is 2. The third-order valence-corrected chi connectivity index (χ3v) is 4.40. The van der Waals surface area contributed by atoms with Gasteiger partial charge < -0.3 is 9.88 Å². The average molecular weight is 405 g/mol. The second kappa shape index (κ2) is 8.82. The third kappa shape index (κ3) is 4.58. The first kappa shape index (κ1) is 20.5. The SMILES string of the molecule is Cc1cc(/C=N\NC(=O)C(=O)Nc2ccc([N+](=O)[O-])cc2)c(C)n1-c1ccccc1. The molecule has 0 bridgehead atoms. The summed E-state index contributed by atoms with van der Waals surface area (Å²) in [6.45, 7) is 3.90. The Kier molecular flexibility index (Phi) is 6.02. The van der Waals surface area contributed by atoms with Crippen molar-refractivity contribution in [2.75, 3.05) is 5.32 Å². The summed E-state index contributed by atoms with van der Waals surface area (Å²) in [5.41, 5.74) is 6.07. The van der Waals surface area contributed by atoms with Gasteiger partial charge in [-0.25, -0.2) is 5.43 Å². The van der Waals surface area contributed by atoms with E-state index >= 15 is 0 Å². The number of aromatic nitrogens is 1. The van der Waals surface area contributed by atoms with Gasteiger partial charge in [-0.3, -0.25) is 19.7 Å². The molecule has 0 aliphatic carbocycles. The van der Waals surface area contributed by atoms with Gasteiger partial charge >= 0.3 is 11.8 Å². The van der Waals surface area contributed by atoms with Crippen LogP contribution in [0.4, 0.5) is 11.4 Å². The van der Waals surface area contributed by atoms with Gasteiger partial charge in [0.1, 0.15) is 0 Å². The maximum atomic E-state index is 11.9. The molecule has 152 valence electrons. The van der Waals surface area contributed by atoms with E-state index in [0.717, 1.165) is 22.6 Å². The maximum Gasteiger partial charge on any atom is 0.329 e. The molecular formula is C21H19N5O4. The molecule has 0 aliphatic heterocycles. The number of benzene rings is 2. The molecule has 0 radical (unpaired) electrons. The number of hydrogen-bond acceptors (Lipinski definition) is 5. The number of rotatable bonds is 5. The molecule has 0 atom stereocenters. The van der Waals surface area contributed by atoms with Crippen LogP contribution in [0.25, 0.3) is 5.69 Å². The molecule has 1 aromatic heterocycles. The van der Waals surface area contributed by atoms with Crippen molar-refractivity contribution in [3.63, 3.8) is 0 Å². The molecule has 0 saturated carbocycles. The predicted octanol–water partition coefficient (Wildman–Crippen LogP) is 3.09. The van der Waals surface area contributed by atoms with E-state index in [-0.39, 0.29) is 11.4 Å². The maximum absolute atomic E-state index is 11.9. The summed E-state index contributed by atoms with van der Waals surface area (Å²) in [6.07, 6.45) is 1.47. The second-order valence-corrected chi connectivity index (χ2v) is 6.45. The molecule has 30 heavy (non-hydrogen) atoms. The molecule has 3 aromatic rings. The predicted molar refractivity (Wildman–Crippen MR) is 113 cm³/mol. The smallest absolute Gasteiger partial charge is 0.318 e. The minimum Gasteiger partial charge on any atom is -0.318 e. The Morgan fingerprint density at radius 2 is 1.70 bits per heavy atom. The van der Waals surface area contributed by atoms with Crippen molar-refractivity contribution in [1.82, 2.24) is 9.99 Å². The van der Waals surface area contributed by atoms with Gasteiger partial charge in [0, 0.05) is 40.5 Å². The minimum atomic E-state index is -0.957. The first-order valence-corrected chi connectivity index (χ1v) is 9.00. The molecule has 2 N–H and O–H groups in total. The summed E-state index contributed by atoms with van der Waals surface area (Å²) >= 11 is 0. The lowest BCUT2D eigenvalue weighted by Gasteiger charge is -2.08. The number of anilines is 1. The van der Waals surface area contributed by atoms with E-state index in [2.05, 4.69) is 20.4 Å². The van der Waals surface area contributed by atoms with Crippen LogP contribution in [0.3, 0.4) is 0 Å². The van der Waals surface area contributed by atoms with Gasteiger partial charge in [-0.15, -0.1) is 0 Å². The Morgan fingerprint density at radius 1 is 1.03 bits per heavy atom. The molecule has 3 rings (SSSR count). The molecular weight excluding hydrogens is 386 g/mol.